The minimum Gasteiger partial charge on any atom is -0.497 e. The molecule has 0 saturated heterocycles. The maximum Gasteiger partial charge on any atom is 0.191 e. The summed E-state index contributed by atoms with van der Waals surface area (Å²) in [6.45, 7) is 5.67. The Labute approximate surface area is 171 Å². The highest BCUT2D eigenvalue weighted by Gasteiger charge is 2.20. The van der Waals surface area contributed by atoms with Crippen molar-refractivity contribution in [3.05, 3.63) is 66.0 Å². The summed E-state index contributed by atoms with van der Waals surface area (Å²) >= 11 is 0. The van der Waals surface area contributed by atoms with Crippen LogP contribution < -0.4 is 15.4 Å². The molecule has 2 aromatic carbocycles. The number of aromatic amines is 1. The predicted octanol–water partition coefficient (Wildman–Crippen LogP) is 3.12. The van der Waals surface area contributed by atoms with E-state index >= 15 is 0 Å². The molecule has 0 bridgehead atoms. The van der Waals surface area contributed by atoms with Gasteiger partial charge >= 0.3 is 0 Å². The Morgan fingerprint density at radius 1 is 1.07 bits per heavy atom. The first-order valence-corrected chi connectivity index (χ1v) is 9.57. The molecule has 0 aliphatic heterocycles. The molecule has 0 atom stereocenters. The van der Waals surface area contributed by atoms with Crippen LogP contribution in [0.25, 0.3) is 11.4 Å². The highest BCUT2D eigenvalue weighted by atomic mass is 16.5. The largest absolute Gasteiger partial charge is 0.497 e. The van der Waals surface area contributed by atoms with Crippen LogP contribution in [0.4, 0.5) is 0 Å². The van der Waals surface area contributed by atoms with Crippen LogP contribution in [0, 0.1) is 0 Å². The summed E-state index contributed by atoms with van der Waals surface area (Å²) in [6.07, 6.45) is 0. The first kappa shape index (κ1) is 20.4. The second kappa shape index (κ2) is 9.23. The summed E-state index contributed by atoms with van der Waals surface area (Å²) in [6, 6.07) is 18.1. The lowest BCUT2D eigenvalue weighted by Gasteiger charge is -2.26. The second-order valence-corrected chi connectivity index (χ2v) is 7.36. The molecule has 0 unspecified atom stereocenters. The number of H-pyrrole nitrogens is 1. The van der Waals surface area contributed by atoms with Gasteiger partial charge in [-0.1, -0.05) is 44.2 Å². The molecule has 0 radical (unpaired) electrons. The van der Waals surface area contributed by atoms with Gasteiger partial charge in [-0.15, -0.1) is 0 Å². The molecule has 0 saturated carbocycles. The van der Waals surface area contributed by atoms with E-state index in [1.165, 1.54) is 5.56 Å². The third kappa shape index (κ3) is 5.34. The Morgan fingerprint density at radius 2 is 1.79 bits per heavy atom. The Bertz CT molecular complexity index is 931. The Hall–Kier alpha value is -3.35. The molecule has 0 amide bonds. The van der Waals surface area contributed by atoms with E-state index in [2.05, 4.69) is 68.9 Å². The predicted molar refractivity (Wildman–Crippen MR) is 116 cm³/mol. The van der Waals surface area contributed by atoms with Crippen LogP contribution in [0.5, 0.6) is 5.75 Å². The van der Waals surface area contributed by atoms with Crippen molar-refractivity contribution < 1.29 is 4.74 Å². The van der Waals surface area contributed by atoms with Crippen molar-refractivity contribution in [3.8, 4) is 17.1 Å². The average molecular weight is 393 g/mol. The molecule has 1 heterocycles. The molecule has 152 valence electrons. The number of guanidine groups is 1. The van der Waals surface area contributed by atoms with Gasteiger partial charge in [0, 0.05) is 24.6 Å². The fourth-order valence-corrected chi connectivity index (χ4v) is 2.93. The van der Waals surface area contributed by atoms with Gasteiger partial charge in [0.1, 0.15) is 11.6 Å². The van der Waals surface area contributed by atoms with E-state index in [0.717, 1.165) is 29.6 Å². The van der Waals surface area contributed by atoms with E-state index in [9.17, 15) is 0 Å². The summed E-state index contributed by atoms with van der Waals surface area (Å²) in [5.74, 6) is 2.91. The molecule has 1 aromatic heterocycles. The zero-order chi connectivity index (χ0) is 20.7. The fourth-order valence-electron chi connectivity index (χ4n) is 2.93. The average Bonchev–Trinajstić information content (AvgIpc) is 3.23. The van der Waals surface area contributed by atoms with E-state index in [0.29, 0.717) is 12.4 Å². The zero-order valence-electron chi connectivity index (χ0n) is 17.4. The summed E-state index contributed by atoms with van der Waals surface area (Å²) < 4.78 is 5.18. The number of aromatic nitrogens is 3. The maximum absolute atomic E-state index is 5.18. The van der Waals surface area contributed by atoms with E-state index in [4.69, 9.17) is 4.74 Å². The van der Waals surface area contributed by atoms with Gasteiger partial charge in [-0.05, 0) is 29.8 Å². The van der Waals surface area contributed by atoms with Crippen LogP contribution in [-0.2, 0) is 12.0 Å². The third-order valence-corrected chi connectivity index (χ3v) is 4.78. The standard InChI is InChI=1S/C22H28N6O/c1-22(2,17-8-6-5-7-9-17)15-25-21(23-3)24-14-19-26-20(28-27-19)16-10-12-18(29-4)13-11-16/h5-13H,14-15H2,1-4H3,(H2,23,24,25)(H,26,27,28). The van der Waals surface area contributed by atoms with Gasteiger partial charge in [0.25, 0.3) is 0 Å². The van der Waals surface area contributed by atoms with Gasteiger partial charge in [0.15, 0.2) is 11.8 Å². The van der Waals surface area contributed by atoms with Crippen molar-refractivity contribution >= 4 is 5.96 Å². The van der Waals surface area contributed by atoms with Crippen molar-refractivity contribution in [3.63, 3.8) is 0 Å². The molecule has 0 spiro atoms. The Balaban J connectivity index is 1.55. The number of nitrogens with one attached hydrogen (secondary N) is 3. The van der Waals surface area contributed by atoms with Gasteiger partial charge < -0.3 is 15.4 Å². The van der Waals surface area contributed by atoms with E-state index in [1.54, 1.807) is 14.2 Å². The van der Waals surface area contributed by atoms with Gasteiger partial charge in [-0.2, -0.15) is 5.10 Å². The van der Waals surface area contributed by atoms with E-state index in [1.807, 2.05) is 30.3 Å². The minimum absolute atomic E-state index is 0.0212. The van der Waals surface area contributed by atoms with E-state index in [-0.39, 0.29) is 5.41 Å². The van der Waals surface area contributed by atoms with Crippen molar-refractivity contribution in [2.24, 2.45) is 4.99 Å². The molecular formula is C22H28N6O. The molecular weight excluding hydrogens is 364 g/mol. The lowest BCUT2D eigenvalue weighted by Crippen LogP contribution is -2.43. The lowest BCUT2D eigenvalue weighted by atomic mass is 9.85. The normalized spacial score (nSPS) is 11.9. The highest BCUT2D eigenvalue weighted by molar-refractivity contribution is 5.79. The number of nitrogens with zero attached hydrogens (tertiary/aromatic N) is 3. The monoisotopic (exact) mass is 392 g/mol. The lowest BCUT2D eigenvalue weighted by molar-refractivity contribution is 0.415. The highest BCUT2D eigenvalue weighted by Crippen LogP contribution is 2.21. The SMILES string of the molecule is CN=C(NCc1nc(-c2ccc(OC)cc2)n[nH]1)NCC(C)(C)c1ccccc1. The smallest absolute Gasteiger partial charge is 0.191 e. The number of methoxy groups -OCH3 is 1. The first-order valence-electron chi connectivity index (χ1n) is 9.57. The van der Waals surface area contributed by atoms with Crippen LogP contribution in [0.3, 0.4) is 0 Å². The van der Waals surface area contributed by atoms with Gasteiger partial charge in [-0.3, -0.25) is 10.1 Å². The number of aliphatic imine (C=N–C) groups is 1. The fraction of sp³-hybridized carbons (Fsp3) is 0.318. The van der Waals surface area contributed by atoms with E-state index < -0.39 is 0 Å². The molecule has 7 nitrogen and oxygen atoms in total. The first-order chi connectivity index (χ1) is 14.0. The molecule has 3 N–H and O–H groups in total. The molecule has 7 heteroatoms. The molecule has 0 fully saturated rings. The van der Waals surface area contributed by atoms with Gasteiger partial charge in [0.05, 0.1) is 13.7 Å². The molecule has 0 aliphatic carbocycles. The molecule has 3 rings (SSSR count). The van der Waals surface area contributed by atoms with Crippen LogP contribution >= 0.6 is 0 Å². The Morgan fingerprint density at radius 3 is 2.45 bits per heavy atom. The Kier molecular flexibility index (Phi) is 6.49. The number of benzene rings is 2. The summed E-state index contributed by atoms with van der Waals surface area (Å²) in [4.78, 5) is 8.85. The van der Waals surface area contributed by atoms with Crippen LogP contribution in [0.1, 0.15) is 25.2 Å². The van der Waals surface area contributed by atoms with Crippen LogP contribution in [-0.4, -0.2) is 41.8 Å². The molecule has 3 aromatic rings. The van der Waals surface area contributed by atoms with Crippen molar-refractivity contribution in [1.29, 1.82) is 0 Å². The van der Waals surface area contributed by atoms with Gasteiger partial charge in [-0.25, -0.2) is 4.98 Å². The third-order valence-electron chi connectivity index (χ3n) is 4.78. The number of rotatable bonds is 7. The zero-order valence-corrected chi connectivity index (χ0v) is 17.4. The van der Waals surface area contributed by atoms with Gasteiger partial charge in [0.2, 0.25) is 0 Å². The van der Waals surface area contributed by atoms with Crippen LogP contribution in [0.2, 0.25) is 0 Å². The molecule has 29 heavy (non-hydrogen) atoms. The van der Waals surface area contributed by atoms with Crippen LogP contribution in [0.15, 0.2) is 59.6 Å². The second-order valence-electron chi connectivity index (χ2n) is 7.36. The summed E-state index contributed by atoms with van der Waals surface area (Å²) in [7, 11) is 3.40. The number of hydrogen-bond acceptors (Lipinski definition) is 4. The number of hydrogen-bond donors (Lipinski definition) is 3. The van der Waals surface area contributed by atoms with Crippen molar-refractivity contribution in [2.45, 2.75) is 25.8 Å². The summed E-state index contributed by atoms with van der Waals surface area (Å²) in [5.41, 5.74) is 2.19. The summed E-state index contributed by atoms with van der Waals surface area (Å²) in [5, 5.41) is 13.9. The van der Waals surface area contributed by atoms with Crippen molar-refractivity contribution in [1.82, 2.24) is 25.8 Å². The maximum atomic E-state index is 5.18. The quantitative estimate of drug-likeness (QED) is 0.425. The minimum atomic E-state index is -0.0212. The number of ether oxygens (including phenoxy) is 1. The topological polar surface area (TPSA) is 87.2 Å². The molecule has 0 aliphatic rings. The van der Waals surface area contributed by atoms with Crippen molar-refractivity contribution in [2.75, 3.05) is 20.7 Å².